The monoisotopic (exact) mass is 259 g/mol. The van der Waals surface area contributed by atoms with E-state index in [1.165, 1.54) is 0 Å². The zero-order chi connectivity index (χ0) is 12.7. The van der Waals surface area contributed by atoms with Crippen molar-refractivity contribution in [3.05, 3.63) is 53.1 Å². The summed E-state index contributed by atoms with van der Waals surface area (Å²) >= 11 is 0. The lowest BCUT2D eigenvalue weighted by molar-refractivity contribution is 0.320. The molecule has 1 N–H and O–H groups in total. The summed E-state index contributed by atoms with van der Waals surface area (Å²) in [6, 6.07) is 7.42. The molecule has 0 spiro atoms. The minimum atomic E-state index is -2.31. The smallest absolute Gasteiger partial charge is 0.218 e. The summed E-state index contributed by atoms with van der Waals surface area (Å²) in [5, 5.41) is 12.4. The standard InChI is InChI=1S/C13H9NO3S/c15-14-13-10-5-2-1-4-8(10)9-6-3-7-11(12(9)13)18(16)17/h1-6,15H,7H2. The second kappa shape index (κ2) is 3.96. The van der Waals surface area contributed by atoms with Gasteiger partial charge in [0.05, 0.1) is 4.86 Å². The Morgan fingerprint density at radius 3 is 2.56 bits per heavy atom. The number of rotatable bonds is 0. The van der Waals surface area contributed by atoms with E-state index in [-0.39, 0.29) is 4.86 Å². The van der Waals surface area contributed by atoms with E-state index in [2.05, 4.69) is 5.16 Å². The lowest BCUT2D eigenvalue weighted by Crippen LogP contribution is -2.13. The van der Waals surface area contributed by atoms with Crippen LogP contribution in [0.3, 0.4) is 0 Å². The Labute approximate surface area is 105 Å². The average Bonchev–Trinajstić information content (AvgIpc) is 2.72. The molecule has 0 aromatic heterocycles. The van der Waals surface area contributed by atoms with Crippen molar-refractivity contribution in [2.75, 3.05) is 0 Å². The first kappa shape index (κ1) is 11.0. The zero-order valence-electron chi connectivity index (χ0n) is 9.29. The Bertz CT molecular complexity index is 759. The van der Waals surface area contributed by atoms with Crippen molar-refractivity contribution in [3.8, 4) is 0 Å². The third-order valence-corrected chi connectivity index (χ3v) is 3.92. The molecule has 1 aromatic carbocycles. The fourth-order valence-electron chi connectivity index (χ4n) is 2.42. The van der Waals surface area contributed by atoms with E-state index < -0.39 is 10.3 Å². The predicted molar refractivity (Wildman–Crippen MR) is 69.4 cm³/mol. The van der Waals surface area contributed by atoms with Crippen LogP contribution in [0.1, 0.15) is 17.5 Å². The maximum absolute atomic E-state index is 11.3. The van der Waals surface area contributed by atoms with E-state index in [1.807, 2.05) is 30.3 Å². The molecule has 0 aliphatic heterocycles. The van der Waals surface area contributed by atoms with E-state index in [0.29, 0.717) is 17.7 Å². The molecule has 0 amide bonds. The molecule has 90 valence electrons. The fraction of sp³-hybridized carbons (Fsp3) is 0.0769. The Kier molecular flexibility index (Phi) is 2.41. The first-order valence-electron chi connectivity index (χ1n) is 5.42. The molecule has 0 bridgehead atoms. The number of hydrogen-bond donors (Lipinski definition) is 1. The highest BCUT2D eigenvalue weighted by Crippen LogP contribution is 2.37. The van der Waals surface area contributed by atoms with Crippen molar-refractivity contribution in [2.24, 2.45) is 5.16 Å². The highest BCUT2D eigenvalue weighted by atomic mass is 32.2. The van der Waals surface area contributed by atoms with Gasteiger partial charge in [0.15, 0.2) is 0 Å². The van der Waals surface area contributed by atoms with Crippen LogP contribution in [0.25, 0.3) is 5.57 Å². The van der Waals surface area contributed by atoms with Crippen LogP contribution in [-0.4, -0.2) is 24.2 Å². The van der Waals surface area contributed by atoms with Crippen LogP contribution in [-0.2, 0) is 10.3 Å². The van der Waals surface area contributed by atoms with E-state index in [0.717, 1.165) is 16.7 Å². The summed E-state index contributed by atoms with van der Waals surface area (Å²) in [5.41, 5.74) is 3.33. The highest BCUT2D eigenvalue weighted by molar-refractivity contribution is 7.73. The number of benzene rings is 1. The molecule has 0 saturated heterocycles. The van der Waals surface area contributed by atoms with Crippen LogP contribution < -0.4 is 0 Å². The number of nitrogens with zero attached hydrogens (tertiary/aromatic N) is 1. The minimum Gasteiger partial charge on any atom is -0.410 e. The number of fused-ring (bicyclic) bond motifs is 2. The van der Waals surface area contributed by atoms with Gasteiger partial charge < -0.3 is 5.21 Å². The molecule has 2 aliphatic rings. The molecule has 0 unspecified atom stereocenters. The van der Waals surface area contributed by atoms with E-state index >= 15 is 0 Å². The van der Waals surface area contributed by atoms with E-state index in [4.69, 9.17) is 5.21 Å². The molecule has 4 nitrogen and oxygen atoms in total. The van der Waals surface area contributed by atoms with Crippen molar-refractivity contribution in [1.29, 1.82) is 0 Å². The average molecular weight is 259 g/mol. The normalized spacial score (nSPS) is 19.1. The molecule has 0 saturated carbocycles. The third kappa shape index (κ3) is 1.37. The Hall–Kier alpha value is -2.14. The Balaban J connectivity index is 2.40. The van der Waals surface area contributed by atoms with Gasteiger partial charge in [-0.15, -0.1) is 0 Å². The van der Waals surface area contributed by atoms with Gasteiger partial charge in [-0.3, -0.25) is 0 Å². The number of oxime groups is 1. The predicted octanol–water partition coefficient (Wildman–Crippen LogP) is 1.64. The van der Waals surface area contributed by atoms with E-state index in [9.17, 15) is 8.42 Å². The second-order valence-electron chi connectivity index (χ2n) is 4.05. The van der Waals surface area contributed by atoms with Crippen LogP contribution in [0.2, 0.25) is 0 Å². The van der Waals surface area contributed by atoms with Crippen molar-refractivity contribution >= 4 is 26.4 Å². The summed E-state index contributed by atoms with van der Waals surface area (Å²) in [6.45, 7) is 0. The van der Waals surface area contributed by atoms with Gasteiger partial charge in [-0.05, 0) is 11.1 Å². The van der Waals surface area contributed by atoms with Crippen molar-refractivity contribution in [1.82, 2.24) is 0 Å². The van der Waals surface area contributed by atoms with Crippen molar-refractivity contribution < 1.29 is 13.6 Å². The lowest BCUT2D eigenvalue weighted by Gasteiger charge is -2.08. The summed E-state index contributed by atoms with van der Waals surface area (Å²) < 4.78 is 22.5. The first-order valence-corrected chi connectivity index (χ1v) is 6.50. The zero-order valence-corrected chi connectivity index (χ0v) is 10.1. The summed E-state index contributed by atoms with van der Waals surface area (Å²) in [6.07, 6.45) is 4.02. The van der Waals surface area contributed by atoms with Gasteiger partial charge in [-0.2, -0.15) is 8.42 Å². The van der Waals surface area contributed by atoms with Crippen molar-refractivity contribution in [3.63, 3.8) is 0 Å². The quantitative estimate of drug-likeness (QED) is 0.437. The Morgan fingerprint density at radius 2 is 1.89 bits per heavy atom. The van der Waals surface area contributed by atoms with Crippen LogP contribution in [0, 0.1) is 0 Å². The molecule has 1 aromatic rings. The van der Waals surface area contributed by atoms with Gasteiger partial charge in [0, 0.05) is 17.6 Å². The lowest BCUT2D eigenvalue weighted by atomic mass is 9.97. The molecule has 0 heterocycles. The van der Waals surface area contributed by atoms with Gasteiger partial charge in [0.2, 0.25) is 10.3 Å². The molecular weight excluding hydrogens is 250 g/mol. The van der Waals surface area contributed by atoms with Gasteiger partial charge in [0.1, 0.15) is 5.71 Å². The van der Waals surface area contributed by atoms with Gasteiger partial charge >= 0.3 is 0 Å². The molecule has 0 radical (unpaired) electrons. The maximum Gasteiger partial charge on any atom is 0.218 e. The van der Waals surface area contributed by atoms with Crippen LogP contribution in [0.5, 0.6) is 0 Å². The summed E-state index contributed by atoms with van der Waals surface area (Å²) in [5.74, 6) is 0. The van der Waals surface area contributed by atoms with Crippen molar-refractivity contribution in [2.45, 2.75) is 6.42 Å². The fourth-order valence-corrected chi connectivity index (χ4v) is 3.02. The minimum absolute atomic E-state index is 0.275. The molecule has 18 heavy (non-hydrogen) atoms. The summed E-state index contributed by atoms with van der Waals surface area (Å²) in [4.78, 5) is 0.275. The molecular formula is C13H9NO3S. The molecule has 0 atom stereocenters. The second-order valence-corrected chi connectivity index (χ2v) is 5.01. The van der Waals surface area contributed by atoms with Gasteiger partial charge in [-0.25, -0.2) is 0 Å². The highest BCUT2D eigenvalue weighted by Gasteiger charge is 2.31. The molecule has 2 aliphatic carbocycles. The van der Waals surface area contributed by atoms with Crippen LogP contribution in [0.4, 0.5) is 0 Å². The van der Waals surface area contributed by atoms with Gasteiger partial charge in [0.25, 0.3) is 0 Å². The topological polar surface area (TPSA) is 66.7 Å². The molecule has 5 heteroatoms. The SMILES string of the molecule is O=S(=O)=C1CC=CC2=C1C(=NO)c1ccccc12. The third-order valence-electron chi connectivity index (χ3n) is 3.15. The summed E-state index contributed by atoms with van der Waals surface area (Å²) in [7, 11) is -2.31. The number of hydrogen-bond acceptors (Lipinski definition) is 4. The molecule has 3 rings (SSSR count). The van der Waals surface area contributed by atoms with E-state index in [1.54, 1.807) is 6.08 Å². The maximum atomic E-state index is 11.3. The molecule has 0 fully saturated rings. The van der Waals surface area contributed by atoms with Crippen LogP contribution >= 0.6 is 0 Å². The number of allylic oxidation sites excluding steroid dienone is 4. The van der Waals surface area contributed by atoms with Crippen LogP contribution in [0.15, 0.2) is 47.1 Å². The first-order chi connectivity index (χ1) is 8.74. The van der Waals surface area contributed by atoms with Gasteiger partial charge in [-0.1, -0.05) is 41.6 Å². The largest absolute Gasteiger partial charge is 0.410 e. The Morgan fingerprint density at radius 1 is 1.17 bits per heavy atom.